The number of hydrogen-bond donors (Lipinski definition) is 2. The van der Waals surface area contributed by atoms with Crippen molar-refractivity contribution in [2.24, 2.45) is 0 Å². The van der Waals surface area contributed by atoms with Gasteiger partial charge in [-0.2, -0.15) is 0 Å². The third kappa shape index (κ3) is 5.74. The maximum atomic E-state index is 13.6. The van der Waals surface area contributed by atoms with Crippen molar-refractivity contribution in [1.82, 2.24) is 10.3 Å². The van der Waals surface area contributed by atoms with Crippen molar-refractivity contribution in [3.05, 3.63) is 79.9 Å². The molecule has 0 bridgehead atoms. The van der Waals surface area contributed by atoms with Gasteiger partial charge in [0.05, 0.1) is 20.6 Å². The molecule has 0 saturated carbocycles. The van der Waals surface area contributed by atoms with Crippen LogP contribution in [-0.4, -0.2) is 16.9 Å². The number of nitrogens with one attached hydrogen (secondary N) is 2. The lowest BCUT2D eigenvalue weighted by atomic mass is 10.2. The van der Waals surface area contributed by atoms with E-state index >= 15 is 0 Å². The third-order valence-corrected chi connectivity index (χ3v) is 4.67. The number of anilines is 1. The van der Waals surface area contributed by atoms with Gasteiger partial charge < -0.3 is 10.1 Å². The number of ether oxygens (including phenoxy) is 1. The molecule has 0 spiro atoms. The third-order valence-electron chi connectivity index (χ3n) is 3.63. The molecule has 3 amide bonds. The quantitative estimate of drug-likeness (QED) is 0.411. The summed E-state index contributed by atoms with van der Waals surface area (Å²) < 4.78 is 32.4. The van der Waals surface area contributed by atoms with E-state index in [1.54, 1.807) is 0 Å². The molecule has 0 fully saturated rings. The molecule has 0 atom stereocenters. The molecule has 12 heteroatoms. The molecule has 1 heterocycles. The molecule has 0 unspecified atom stereocenters. The molecule has 31 heavy (non-hydrogen) atoms. The lowest BCUT2D eigenvalue weighted by Gasteiger charge is -2.13. The Labute approximate surface area is 194 Å². The van der Waals surface area contributed by atoms with Crippen LogP contribution in [0.4, 0.5) is 19.3 Å². The normalized spacial score (nSPS) is 10.5. The van der Waals surface area contributed by atoms with Crippen molar-refractivity contribution in [2.75, 3.05) is 5.32 Å². The average molecular weight is 507 g/mol. The van der Waals surface area contributed by atoms with E-state index in [0.717, 1.165) is 12.1 Å². The molecule has 2 N–H and O–H groups in total. The van der Waals surface area contributed by atoms with Gasteiger partial charge in [0.25, 0.3) is 5.91 Å². The monoisotopic (exact) mass is 505 g/mol. The standard InChI is InChI=1S/C19H9Cl4F2N3O3/c20-8-3-14(23)18(26-7-8)31-16-12(21)5-10(6-13(16)22)27-19(30)28-17(29)11-4-9(24)1-2-15(11)25/h1-7H,(H2,27,28,29,30). The van der Waals surface area contributed by atoms with E-state index in [-0.39, 0.29) is 32.4 Å². The minimum absolute atomic E-state index is 0.00363. The summed E-state index contributed by atoms with van der Waals surface area (Å²) in [6.07, 6.45) is 1.31. The van der Waals surface area contributed by atoms with Crippen LogP contribution in [0.5, 0.6) is 11.6 Å². The number of carbonyl (C=O) groups is 2. The molecular formula is C19H9Cl4F2N3O3. The van der Waals surface area contributed by atoms with Crippen LogP contribution in [0.3, 0.4) is 0 Å². The van der Waals surface area contributed by atoms with Crippen molar-refractivity contribution in [3.8, 4) is 11.6 Å². The van der Waals surface area contributed by atoms with Crippen LogP contribution in [-0.2, 0) is 0 Å². The SMILES string of the molecule is O=C(NC(=O)c1cc(F)ccc1F)Nc1cc(Cl)c(Oc2ncc(Cl)cc2Cl)c(Cl)c1. The van der Waals surface area contributed by atoms with Gasteiger partial charge in [0.2, 0.25) is 5.88 Å². The van der Waals surface area contributed by atoms with Crippen LogP contribution >= 0.6 is 46.4 Å². The van der Waals surface area contributed by atoms with Crippen LogP contribution in [0.1, 0.15) is 10.4 Å². The number of rotatable bonds is 4. The van der Waals surface area contributed by atoms with Gasteiger partial charge in [-0.05, 0) is 36.4 Å². The first-order valence-corrected chi connectivity index (χ1v) is 9.70. The number of hydrogen-bond acceptors (Lipinski definition) is 4. The molecule has 6 nitrogen and oxygen atoms in total. The Morgan fingerprint density at radius 3 is 2.26 bits per heavy atom. The zero-order valence-electron chi connectivity index (χ0n) is 15.0. The fourth-order valence-corrected chi connectivity index (χ4v) is 3.29. The second-order valence-corrected chi connectivity index (χ2v) is 7.50. The van der Waals surface area contributed by atoms with Crippen molar-refractivity contribution in [2.45, 2.75) is 0 Å². The molecule has 2 aromatic carbocycles. The summed E-state index contributed by atoms with van der Waals surface area (Å²) in [5.74, 6) is -2.97. The highest BCUT2D eigenvalue weighted by molar-refractivity contribution is 6.38. The van der Waals surface area contributed by atoms with E-state index in [2.05, 4.69) is 10.3 Å². The van der Waals surface area contributed by atoms with Gasteiger partial charge in [0.15, 0.2) is 5.75 Å². The Balaban J connectivity index is 1.73. The van der Waals surface area contributed by atoms with Crippen LogP contribution < -0.4 is 15.4 Å². The summed E-state index contributed by atoms with van der Waals surface area (Å²) in [5, 5.41) is 4.55. The van der Waals surface area contributed by atoms with Gasteiger partial charge in [-0.1, -0.05) is 46.4 Å². The molecule has 1 aromatic heterocycles. The highest BCUT2D eigenvalue weighted by atomic mass is 35.5. The summed E-state index contributed by atoms with van der Waals surface area (Å²) in [4.78, 5) is 28.0. The van der Waals surface area contributed by atoms with Crippen LogP contribution in [0.2, 0.25) is 20.1 Å². The highest BCUT2D eigenvalue weighted by Gasteiger charge is 2.18. The first-order valence-electron chi connectivity index (χ1n) is 8.19. The molecule has 0 aliphatic heterocycles. The molecule has 3 aromatic rings. The van der Waals surface area contributed by atoms with Gasteiger partial charge >= 0.3 is 6.03 Å². The Bertz CT molecular complexity index is 1170. The molecular weight excluding hydrogens is 498 g/mol. The van der Waals surface area contributed by atoms with Gasteiger partial charge in [0, 0.05) is 11.9 Å². The topological polar surface area (TPSA) is 80.3 Å². The number of aromatic nitrogens is 1. The largest absolute Gasteiger partial charge is 0.434 e. The van der Waals surface area contributed by atoms with E-state index in [1.165, 1.54) is 24.4 Å². The number of pyridine rings is 1. The number of urea groups is 1. The van der Waals surface area contributed by atoms with E-state index in [4.69, 9.17) is 51.1 Å². The minimum atomic E-state index is -1.14. The predicted molar refractivity (Wildman–Crippen MR) is 114 cm³/mol. The van der Waals surface area contributed by atoms with E-state index < -0.39 is 29.1 Å². The lowest BCUT2D eigenvalue weighted by molar-refractivity contribution is 0.0962. The van der Waals surface area contributed by atoms with Gasteiger partial charge in [-0.25, -0.2) is 18.6 Å². The number of imide groups is 1. The second-order valence-electron chi connectivity index (χ2n) is 5.84. The summed E-state index contributed by atoms with van der Waals surface area (Å²) >= 11 is 24.1. The lowest BCUT2D eigenvalue weighted by Crippen LogP contribution is -2.34. The first-order chi connectivity index (χ1) is 14.6. The number of benzene rings is 2. The molecule has 0 aliphatic rings. The minimum Gasteiger partial charge on any atom is -0.434 e. The number of halogens is 6. The smallest absolute Gasteiger partial charge is 0.326 e. The van der Waals surface area contributed by atoms with E-state index in [0.29, 0.717) is 11.1 Å². The highest BCUT2D eigenvalue weighted by Crippen LogP contribution is 2.40. The average Bonchev–Trinajstić information content (AvgIpc) is 2.67. The van der Waals surface area contributed by atoms with Crippen molar-refractivity contribution in [3.63, 3.8) is 0 Å². The molecule has 0 aliphatic carbocycles. The maximum absolute atomic E-state index is 13.6. The Hall–Kier alpha value is -2.65. The van der Waals surface area contributed by atoms with E-state index in [1.807, 2.05) is 5.32 Å². The number of amides is 3. The molecule has 0 saturated heterocycles. The second kappa shape index (κ2) is 9.65. The zero-order valence-corrected chi connectivity index (χ0v) is 18.0. The van der Waals surface area contributed by atoms with E-state index in [9.17, 15) is 18.4 Å². The van der Waals surface area contributed by atoms with Crippen LogP contribution in [0.25, 0.3) is 0 Å². The summed E-state index contributed by atoms with van der Waals surface area (Å²) in [5.41, 5.74) is -0.551. The van der Waals surface area contributed by atoms with Crippen molar-refractivity contribution < 1.29 is 23.1 Å². The fourth-order valence-electron chi connectivity index (χ4n) is 2.31. The Morgan fingerprint density at radius 2 is 1.61 bits per heavy atom. The molecule has 160 valence electrons. The van der Waals surface area contributed by atoms with Gasteiger partial charge in [0.1, 0.15) is 16.7 Å². The van der Waals surface area contributed by atoms with Crippen LogP contribution in [0.15, 0.2) is 42.6 Å². The summed E-state index contributed by atoms with van der Waals surface area (Å²) in [7, 11) is 0. The summed E-state index contributed by atoms with van der Waals surface area (Å²) in [6, 6.07) is 5.20. The maximum Gasteiger partial charge on any atom is 0.326 e. The van der Waals surface area contributed by atoms with Crippen molar-refractivity contribution >= 4 is 64.0 Å². The number of carbonyl (C=O) groups excluding carboxylic acids is 2. The predicted octanol–water partition coefficient (Wildman–Crippen LogP) is 6.73. The van der Waals surface area contributed by atoms with Crippen molar-refractivity contribution in [1.29, 1.82) is 0 Å². The molecule has 3 rings (SSSR count). The number of nitrogens with zero attached hydrogens (tertiary/aromatic N) is 1. The fraction of sp³-hybridized carbons (Fsp3) is 0. The van der Waals surface area contributed by atoms with Gasteiger partial charge in [-0.15, -0.1) is 0 Å². The Morgan fingerprint density at radius 1 is 0.935 bits per heavy atom. The van der Waals surface area contributed by atoms with Gasteiger partial charge in [-0.3, -0.25) is 10.1 Å². The summed E-state index contributed by atoms with van der Waals surface area (Å²) in [6.45, 7) is 0. The zero-order chi connectivity index (χ0) is 22.7. The van der Waals surface area contributed by atoms with Crippen LogP contribution in [0, 0.1) is 11.6 Å². The molecule has 0 radical (unpaired) electrons. The Kier molecular flexibility index (Phi) is 7.17. The first kappa shape index (κ1) is 23.0.